The zero-order valence-electron chi connectivity index (χ0n) is 13.9. The van der Waals surface area contributed by atoms with Gasteiger partial charge in [0.1, 0.15) is 0 Å². The molecule has 138 valence electrons. The first kappa shape index (κ1) is 18.9. The van der Waals surface area contributed by atoms with Crippen LogP contribution in [0.25, 0.3) is 0 Å². The van der Waals surface area contributed by atoms with E-state index in [2.05, 4.69) is 21.2 Å². The van der Waals surface area contributed by atoms with Crippen molar-refractivity contribution in [2.45, 2.75) is 28.7 Å². The van der Waals surface area contributed by atoms with Gasteiger partial charge in [0.25, 0.3) is 0 Å². The van der Waals surface area contributed by atoms with Crippen molar-refractivity contribution in [2.24, 2.45) is 0 Å². The van der Waals surface area contributed by atoms with E-state index in [1.165, 1.54) is 24.3 Å². The molecule has 1 aliphatic heterocycles. The van der Waals surface area contributed by atoms with Crippen LogP contribution in [-0.4, -0.2) is 43.6 Å². The fourth-order valence-electron chi connectivity index (χ4n) is 2.81. The number of urea groups is 1. The number of rotatable bonds is 3. The lowest BCUT2D eigenvalue weighted by Gasteiger charge is -2.30. The molecule has 0 unspecified atom stereocenters. The largest absolute Gasteiger partial charge is 0.391 e. The number of β-amino-alcohol motifs (C(OH)–C–C–N with tert-alkyl or cyclic N) is 1. The SMILES string of the molecule is O=C(Nc1ccc(S(=O)(=O)c2ccc(Br)cc2)cc1)N1CCC[C@@H](O)C1. The zero-order valence-corrected chi connectivity index (χ0v) is 16.3. The molecule has 1 aliphatic rings. The minimum atomic E-state index is -3.61. The molecule has 26 heavy (non-hydrogen) atoms. The number of benzene rings is 2. The number of carbonyl (C=O) groups is 1. The maximum Gasteiger partial charge on any atom is 0.321 e. The number of aliphatic hydroxyl groups is 1. The first-order chi connectivity index (χ1) is 12.4. The summed E-state index contributed by atoms with van der Waals surface area (Å²) in [5.74, 6) is 0. The van der Waals surface area contributed by atoms with Crippen molar-refractivity contribution in [3.63, 3.8) is 0 Å². The number of piperidine rings is 1. The van der Waals surface area contributed by atoms with Crippen molar-refractivity contribution < 1.29 is 18.3 Å². The van der Waals surface area contributed by atoms with Crippen LogP contribution in [0.3, 0.4) is 0 Å². The van der Waals surface area contributed by atoms with E-state index in [1.54, 1.807) is 29.2 Å². The average molecular weight is 439 g/mol. The molecule has 1 atom stereocenters. The molecule has 1 saturated heterocycles. The highest BCUT2D eigenvalue weighted by Gasteiger charge is 2.22. The first-order valence-electron chi connectivity index (χ1n) is 8.21. The topological polar surface area (TPSA) is 86.7 Å². The van der Waals surface area contributed by atoms with Gasteiger partial charge in [0.15, 0.2) is 0 Å². The Balaban J connectivity index is 1.72. The van der Waals surface area contributed by atoms with Gasteiger partial charge in [0, 0.05) is 23.2 Å². The standard InChI is InChI=1S/C18H19BrN2O4S/c19-13-3-7-16(8-4-13)26(24,25)17-9-5-14(6-10-17)20-18(23)21-11-1-2-15(22)12-21/h3-10,15,22H,1-2,11-12H2,(H,20,23)/t15-/m1/s1. The third-order valence-corrected chi connectivity index (χ3v) is 6.54. The average Bonchev–Trinajstić information content (AvgIpc) is 2.62. The van der Waals surface area contributed by atoms with E-state index in [0.29, 0.717) is 25.2 Å². The Labute approximate surface area is 160 Å². The lowest BCUT2D eigenvalue weighted by atomic mass is 10.1. The number of hydrogen-bond acceptors (Lipinski definition) is 4. The van der Waals surface area contributed by atoms with Crippen LogP contribution in [0.2, 0.25) is 0 Å². The quantitative estimate of drug-likeness (QED) is 0.769. The Morgan fingerprint density at radius 1 is 1.08 bits per heavy atom. The molecule has 8 heteroatoms. The van der Waals surface area contributed by atoms with E-state index < -0.39 is 15.9 Å². The smallest absolute Gasteiger partial charge is 0.321 e. The number of sulfone groups is 1. The van der Waals surface area contributed by atoms with Crippen molar-refractivity contribution in [3.8, 4) is 0 Å². The fourth-order valence-corrected chi connectivity index (χ4v) is 4.33. The van der Waals surface area contributed by atoms with E-state index in [1.807, 2.05) is 0 Å². The second-order valence-corrected chi connectivity index (χ2v) is 9.02. The second kappa shape index (κ2) is 7.77. The van der Waals surface area contributed by atoms with E-state index in [4.69, 9.17) is 0 Å². The molecule has 2 amide bonds. The molecule has 0 spiro atoms. The Hall–Kier alpha value is -1.90. The fraction of sp³-hybridized carbons (Fsp3) is 0.278. The predicted molar refractivity (Wildman–Crippen MR) is 102 cm³/mol. The highest BCUT2D eigenvalue weighted by atomic mass is 79.9. The van der Waals surface area contributed by atoms with E-state index >= 15 is 0 Å². The van der Waals surface area contributed by atoms with Crippen LogP contribution in [0.1, 0.15) is 12.8 Å². The van der Waals surface area contributed by atoms with Gasteiger partial charge >= 0.3 is 6.03 Å². The normalized spacial score (nSPS) is 17.8. The Bertz CT molecular complexity index is 882. The van der Waals surface area contributed by atoms with Crippen molar-refractivity contribution in [3.05, 3.63) is 53.0 Å². The molecule has 1 heterocycles. The Morgan fingerprint density at radius 3 is 2.23 bits per heavy atom. The number of aliphatic hydroxyl groups excluding tert-OH is 1. The molecular weight excluding hydrogens is 420 g/mol. The molecule has 0 aliphatic carbocycles. The lowest BCUT2D eigenvalue weighted by Crippen LogP contribution is -2.44. The minimum Gasteiger partial charge on any atom is -0.391 e. The lowest BCUT2D eigenvalue weighted by molar-refractivity contribution is 0.0883. The number of amides is 2. The summed E-state index contributed by atoms with van der Waals surface area (Å²) in [5, 5.41) is 12.4. The molecular formula is C18H19BrN2O4S. The van der Waals surface area contributed by atoms with Crippen molar-refractivity contribution in [1.29, 1.82) is 0 Å². The third-order valence-electron chi connectivity index (χ3n) is 4.22. The predicted octanol–water partition coefficient (Wildman–Crippen LogP) is 3.27. The van der Waals surface area contributed by atoms with E-state index in [0.717, 1.165) is 10.9 Å². The summed E-state index contributed by atoms with van der Waals surface area (Å²) < 4.78 is 26.0. The zero-order chi connectivity index (χ0) is 18.7. The highest BCUT2D eigenvalue weighted by Crippen LogP contribution is 2.24. The minimum absolute atomic E-state index is 0.159. The van der Waals surface area contributed by atoms with Gasteiger partial charge in [-0.3, -0.25) is 0 Å². The van der Waals surface area contributed by atoms with Crippen molar-refractivity contribution in [2.75, 3.05) is 18.4 Å². The summed E-state index contributed by atoms with van der Waals surface area (Å²) in [5.41, 5.74) is 0.504. The molecule has 1 fully saturated rings. The number of anilines is 1. The van der Waals surface area contributed by atoms with Crippen LogP contribution in [0.4, 0.5) is 10.5 Å². The van der Waals surface area contributed by atoms with Crippen LogP contribution in [0.15, 0.2) is 62.8 Å². The summed E-state index contributed by atoms with van der Waals surface area (Å²) >= 11 is 3.28. The molecule has 2 N–H and O–H groups in total. The van der Waals surface area contributed by atoms with Crippen LogP contribution in [0, 0.1) is 0 Å². The van der Waals surface area contributed by atoms with Crippen LogP contribution in [-0.2, 0) is 9.84 Å². The summed E-state index contributed by atoms with van der Waals surface area (Å²) in [6, 6.07) is 12.2. The van der Waals surface area contributed by atoms with Gasteiger partial charge in [-0.1, -0.05) is 15.9 Å². The van der Waals surface area contributed by atoms with Gasteiger partial charge in [-0.25, -0.2) is 13.2 Å². The maximum absolute atomic E-state index is 12.6. The van der Waals surface area contributed by atoms with Crippen LogP contribution < -0.4 is 5.32 Å². The van der Waals surface area contributed by atoms with Gasteiger partial charge in [0.05, 0.1) is 15.9 Å². The highest BCUT2D eigenvalue weighted by molar-refractivity contribution is 9.10. The second-order valence-electron chi connectivity index (χ2n) is 6.15. The molecule has 0 saturated carbocycles. The molecule has 0 bridgehead atoms. The van der Waals surface area contributed by atoms with Crippen molar-refractivity contribution in [1.82, 2.24) is 4.90 Å². The number of carbonyl (C=O) groups excluding carboxylic acids is 1. The van der Waals surface area contributed by atoms with Gasteiger partial charge < -0.3 is 15.3 Å². The summed E-state index contributed by atoms with van der Waals surface area (Å²) in [7, 11) is -3.61. The molecule has 2 aromatic carbocycles. The molecule has 6 nitrogen and oxygen atoms in total. The Morgan fingerprint density at radius 2 is 1.65 bits per heavy atom. The number of hydrogen-bond donors (Lipinski definition) is 2. The van der Waals surface area contributed by atoms with Crippen LogP contribution in [0.5, 0.6) is 0 Å². The van der Waals surface area contributed by atoms with Crippen molar-refractivity contribution >= 4 is 37.5 Å². The Kier molecular flexibility index (Phi) is 5.64. The molecule has 0 radical (unpaired) electrons. The van der Waals surface area contributed by atoms with Gasteiger partial charge in [-0.15, -0.1) is 0 Å². The van der Waals surface area contributed by atoms with Crippen LogP contribution >= 0.6 is 15.9 Å². The van der Waals surface area contributed by atoms with E-state index in [-0.39, 0.29) is 15.8 Å². The molecule has 3 rings (SSSR count). The monoisotopic (exact) mass is 438 g/mol. The number of halogens is 1. The maximum atomic E-state index is 12.6. The first-order valence-corrected chi connectivity index (χ1v) is 10.5. The van der Waals surface area contributed by atoms with Gasteiger partial charge in [0.2, 0.25) is 9.84 Å². The third kappa shape index (κ3) is 4.25. The van der Waals surface area contributed by atoms with Gasteiger partial charge in [-0.2, -0.15) is 0 Å². The molecule has 2 aromatic rings. The number of nitrogens with zero attached hydrogens (tertiary/aromatic N) is 1. The van der Waals surface area contributed by atoms with E-state index in [9.17, 15) is 18.3 Å². The molecule has 0 aromatic heterocycles. The van der Waals surface area contributed by atoms with Gasteiger partial charge in [-0.05, 0) is 61.4 Å². The number of nitrogens with one attached hydrogen (secondary N) is 1. The summed E-state index contributed by atoms with van der Waals surface area (Å²) in [6.07, 6.45) is 0.971. The summed E-state index contributed by atoms with van der Waals surface area (Å²) in [4.78, 5) is 14.2. The number of likely N-dealkylation sites (tertiary alicyclic amines) is 1. The summed E-state index contributed by atoms with van der Waals surface area (Å²) in [6.45, 7) is 0.904.